The highest BCUT2D eigenvalue weighted by atomic mass is 35.5. The van der Waals surface area contributed by atoms with E-state index < -0.39 is 16.1 Å². The van der Waals surface area contributed by atoms with Crippen LogP contribution in [0, 0.1) is 0 Å². The molecule has 0 fully saturated rings. The highest BCUT2D eigenvalue weighted by molar-refractivity contribution is 7.89. The quantitative estimate of drug-likeness (QED) is 0.755. The van der Waals surface area contributed by atoms with Crippen LogP contribution >= 0.6 is 11.6 Å². The maximum atomic E-state index is 12.5. The molecule has 0 aliphatic rings. The molecule has 0 radical (unpaired) electrons. The minimum Gasteiger partial charge on any atom is -0.392 e. The fourth-order valence-corrected chi connectivity index (χ4v) is 3.74. The maximum absolute atomic E-state index is 12.5. The molecule has 0 spiro atoms. The van der Waals surface area contributed by atoms with Crippen LogP contribution in [0.1, 0.15) is 30.8 Å². The van der Waals surface area contributed by atoms with E-state index in [0.29, 0.717) is 17.8 Å². The summed E-state index contributed by atoms with van der Waals surface area (Å²) in [6.07, 6.45) is 3.72. The first-order valence-electron chi connectivity index (χ1n) is 6.38. The molecule has 21 heavy (non-hydrogen) atoms. The molecule has 0 amide bonds. The average molecular weight is 330 g/mol. The molecule has 1 atom stereocenters. The van der Waals surface area contributed by atoms with Crippen LogP contribution in [0.2, 0.25) is 5.02 Å². The fraction of sp³-hybridized carbons (Fsp3) is 0.308. The third-order valence-corrected chi connectivity index (χ3v) is 4.98. The number of nitrogens with zero attached hydrogens (tertiary/aromatic N) is 1. The number of imidazole rings is 1. The predicted octanol–water partition coefficient (Wildman–Crippen LogP) is 1.98. The zero-order valence-electron chi connectivity index (χ0n) is 11.4. The minimum atomic E-state index is -3.81. The molecule has 0 saturated carbocycles. The molecule has 1 heterocycles. The Hall–Kier alpha value is -1.41. The summed E-state index contributed by atoms with van der Waals surface area (Å²) in [5.41, 5.74) is 0.478. The average Bonchev–Trinajstić information content (AvgIpc) is 2.99. The van der Waals surface area contributed by atoms with E-state index in [0.717, 1.165) is 0 Å². The molecule has 1 aromatic carbocycles. The monoisotopic (exact) mass is 329 g/mol. The summed E-state index contributed by atoms with van der Waals surface area (Å²) in [5, 5.41) is 9.23. The smallest absolute Gasteiger partial charge is 0.242 e. The van der Waals surface area contributed by atoms with Gasteiger partial charge >= 0.3 is 0 Å². The van der Waals surface area contributed by atoms with Gasteiger partial charge in [-0.2, -0.15) is 0 Å². The van der Waals surface area contributed by atoms with Gasteiger partial charge in [0.25, 0.3) is 0 Å². The van der Waals surface area contributed by atoms with Gasteiger partial charge in [-0.15, -0.1) is 0 Å². The van der Waals surface area contributed by atoms with Gasteiger partial charge in [-0.3, -0.25) is 0 Å². The second-order valence-electron chi connectivity index (χ2n) is 4.48. The summed E-state index contributed by atoms with van der Waals surface area (Å²) in [4.78, 5) is 6.90. The molecule has 8 heteroatoms. The van der Waals surface area contributed by atoms with Crippen molar-refractivity contribution in [2.75, 3.05) is 0 Å². The van der Waals surface area contributed by atoms with Gasteiger partial charge in [-0.25, -0.2) is 18.1 Å². The molecule has 0 aliphatic carbocycles. The van der Waals surface area contributed by atoms with Gasteiger partial charge in [-0.05, 0) is 24.1 Å². The Morgan fingerprint density at radius 3 is 2.81 bits per heavy atom. The predicted molar refractivity (Wildman–Crippen MR) is 79.3 cm³/mol. The van der Waals surface area contributed by atoms with Gasteiger partial charge in [0.1, 0.15) is 10.7 Å². The molecule has 2 rings (SSSR count). The van der Waals surface area contributed by atoms with E-state index in [1.807, 2.05) is 6.92 Å². The zero-order valence-corrected chi connectivity index (χ0v) is 12.9. The number of hydrogen-bond donors (Lipinski definition) is 3. The lowest BCUT2D eigenvalue weighted by molar-refractivity contribution is 0.281. The molecule has 0 bridgehead atoms. The summed E-state index contributed by atoms with van der Waals surface area (Å²) >= 11 is 5.97. The molecule has 2 aromatic rings. The molecule has 1 aromatic heterocycles. The summed E-state index contributed by atoms with van der Waals surface area (Å²) < 4.78 is 27.5. The Kier molecular flexibility index (Phi) is 5.00. The van der Waals surface area contributed by atoms with Gasteiger partial charge in [0.05, 0.1) is 17.7 Å². The fourth-order valence-electron chi connectivity index (χ4n) is 1.90. The summed E-state index contributed by atoms with van der Waals surface area (Å²) in [5.74, 6) is 0.538. The Balaban J connectivity index is 2.34. The number of benzene rings is 1. The van der Waals surface area contributed by atoms with Gasteiger partial charge in [0, 0.05) is 12.4 Å². The van der Waals surface area contributed by atoms with Crippen LogP contribution in [0.4, 0.5) is 0 Å². The van der Waals surface area contributed by atoms with Crippen molar-refractivity contribution in [2.45, 2.75) is 30.9 Å². The van der Waals surface area contributed by atoms with Crippen molar-refractivity contribution < 1.29 is 13.5 Å². The number of aliphatic hydroxyl groups is 1. The second-order valence-corrected chi connectivity index (χ2v) is 6.57. The van der Waals surface area contributed by atoms with Gasteiger partial charge in [0.15, 0.2) is 0 Å². The van der Waals surface area contributed by atoms with Crippen molar-refractivity contribution in [3.8, 4) is 0 Å². The summed E-state index contributed by atoms with van der Waals surface area (Å²) in [6, 6.07) is 3.92. The van der Waals surface area contributed by atoms with E-state index in [-0.39, 0.29) is 16.5 Å². The summed E-state index contributed by atoms with van der Waals surface area (Å²) in [6.45, 7) is 1.59. The highest BCUT2D eigenvalue weighted by Gasteiger charge is 2.24. The van der Waals surface area contributed by atoms with Crippen molar-refractivity contribution in [3.63, 3.8) is 0 Å². The van der Waals surface area contributed by atoms with Crippen LogP contribution in [0.15, 0.2) is 35.5 Å². The van der Waals surface area contributed by atoms with Crippen molar-refractivity contribution in [1.29, 1.82) is 0 Å². The Morgan fingerprint density at radius 2 is 2.24 bits per heavy atom. The number of aliphatic hydroxyl groups excluding tert-OH is 1. The molecule has 0 saturated heterocycles. The van der Waals surface area contributed by atoms with Crippen LogP contribution in [0.5, 0.6) is 0 Å². The number of nitrogens with one attached hydrogen (secondary N) is 2. The molecule has 114 valence electrons. The maximum Gasteiger partial charge on any atom is 0.242 e. The number of hydrogen-bond acceptors (Lipinski definition) is 4. The third kappa shape index (κ3) is 3.62. The highest BCUT2D eigenvalue weighted by Crippen LogP contribution is 2.25. The van der Waals surface area contributed by atoms with Gasteiger partial charge in [-0.1, -0.05) is 24.6 Å². The van der Waals surface area contributed by atoms with E-state index in [1.165, 1.54) is 12.1 Å². The molecule has 3 N–H and O–H groups in total. The molecular weight excluding hydrogens is 314 g/mol. The SMILES string of the molecule is CCC(NS(=O)(=O)c1cc(CO)ccc1Cl)c1ncc[nH]1. The Labute approximate surface area is 128 Å². The van der Waals surface area contributed by atoms with Crippen LogP contribution in [-0.2, 0) is 16.6 Å². The number of H-pyrrole nitrogens is 1. The first-order chi connectivity index (χ1) is 9.97. The van der Waals surface area contributed by atoms with Crippen LogP contribution < -0.4 is 4.72 Å². The van der Waals surface area contributed by atoms with E-state index in [2.05, 4.69) is 14.7 Å². The first kappa shape index (κ1) is 16.0. The lowest BCUT2D eigenvalue weighted by atomic mass is 10.2. The number of aromatic nitrogens is 2. The Morgan fingerprint density at radius 1 is 1.48 bits per heavy atom. The van der Waals surface area contributed by atoms with E-state index in [9.17, 15) is 8.42 Å². The topological polar surface area (TPSA) is 95.1 Å². The molecular formula is C13H16ClN3O3S. The van der Waals surface area contributed by atoms with Crippen molar-refractivity contribution >= 4 is 21.6 Å². The standard InChI is InChI=1S/C13H16ClN3O3S/c1-2-11(13-15-5-6-16-13)17-21(19,20)12-7-9(8-18)3-4-10(12)14/h3-7,11,17-18H,2,8H2,1H3,(H,15,16). The largest absolute Gasteiger partial charge is 0.392 e. The number of aromatic amines is 1. The second kappa shape index (κ2) is 6.57. The Bertz CT molecular complexity index is 701. The molecule has 1 unspecified atom stereocenters. The number of sulfonamides is 1. The minimum absolute atomic E-state index is 0.0549. The number of halogens is 1. The molecule has 0 aliphatic heterocycles. The van der Waals surface area contributed by atoms with Crippen LogP contribution in [-0.4, -0.2) is 23.5 Å². The van der Waals surface area contributed by atoms with Gasteiger partial charge < -0.3 is 10.1 Å². The van der Waals surface area contributed by atoms with Crippen LogP contribution in [0.25, 0.3) is 0 Å². The molecule has 6 nitrogen and oxygen atoms in total. The van der Waals surface area contributed by atoms with E-state index >= 15 is 0 Å². The first-order valence-corrected chi connectivity index (χ1v) is 8.25. The lowest BCUT2D eigenvalue weighted by Gasteiger charge is -2.16. The number of rotatable bonds is 6. The van der Waals surface area contributed by atoms with Crippen molar-refractivity contribution in [1.82, 2.24) is 14.7 Å². The van der Waals surface area contributed by atoms with Gasteiger partial charge in [0.2, 0.25) is 10.0 Å². The third-order valence-electron chi connectivity index (χ3n) is 3.02. The zero-order chi connectivity index (χ0) is 15.5. The summed E-state index contributed by atoms with van der Waals surface area (Å²) in [7, 11) is -3.81. The van der Waals surface area contributed by atoms with E-state index in [1.54, 1.807) is 18.5 Å². The van der Waals surface area contributed by atoms with Crippen molar-refractivity contribution in [3.05, 3.63) is 47.0 Å². The lowest BCUT2D eigenvalue weighted by Crippen LogP contribution is -2.29. The normalized spacial score (nSPS) is 13.3. The van der Waals surface area contributed by atoms with E-state index in [4.69, 9.17) is 16.7 Å². The van der Waals surface area contributed by atoms with Crippen LogP contribution in [0.3, 0.4) is 0 Å². The van der Waals surface area contributed by atoms with Crippen molar-refractivity contribution in [2.24, 2.45) is 0 Å².